The maximum Gasteiger partial charge on any atom is 0.409 e. The summed E-state index contributed by atoms with van der Waals surface area (Å²) >= 11 is 0. The quantitative estimate of drug-likeness (QED) is 0.802. The normalized spacial score (nSPS) is 20.1. The van der Waals surface area contributed by atoms with Gasteiger partial charge in [-0.1, -0.05) is 6.92 Å². The minimum absolute atomic E-state index is 0.198. The first-order valence-electron chi connectivity index (χ1n) is 7.02. The van der Waals surface area contributed by atoms with Crippen molar-refractivity contribution in [3.63, 3.8) is 0 Å². The van der Waals surface area contributed by atoms with E-state index in [1.54, 1.807) is 11.2 Å². The van der Waals surface area contributed by atoms with Crippen LogP contribution in [0.5, 0.6) is 0 Å². The van der Waals surface area contributed by atoms with E-state index in [0.717, 1.165) is 38.9 Å². The molecule has 1 aliphatic rings. The Labute approximate surface area is 118 Å². The fourth-order valence-corrected chi connectivity index (χ4v) is 2.59. The molecule has 6 heteroatoms. The van der Waals surface area contributed by atoms with Crippen molar-refractivity contribution in [3.8, 4) is 0 Å². The van der Waals surface area contributed by atoms with Crippen LogP contribution in [0.1, 0.15) is 33.1 Å². The van der Waals surface area contributed by atoms with Crippen molar-refractivity contribution in [2.45, 2.75) is 44.4 Å². The summed E-state index contributed by atoms with van der Waals surface area (Å²) < 4.78 is 16.2. The van der Waals surface area contributed by atoms with Crippen LogP contribution in [-0.4, -0.2) is 59.0 Å². The second-order valence-corrected chi connectivity index (χ2v) is 6.81. The molecule has 0 aliphatic carbocycles. The zero-order valence-electron chi connectivity index (χ0n) is 12.2. The van der Waals surface area contributed by atoms with Crippen molar-refractivity contribution >= 4 is 16.9 Å². The summed E-state index contributed by atoms with van der Waals surface area (Å²) in [5.41, 5.74) is 0. The molecule has 1 rings (SSSR count). The average molecular weight is 290 g/mol. The largest absolute Gasteiger partial charge is 0.450 e. The zero-order valence-corrected chi connectivity index (χ0v) is 13.0. The highest BCUT2D eigenvalue weighted by molar-refractivity contribution is 7.84. The number of carbonyl (C=O) groups is 1. The molecule has 1 N–H and O–H groups in total. The molecule has 19 heavy (non-hydrogen) atoms. The SMILES string of the molecule is CCOC(=O)N1CCC(NCCC(C)S(C)=O)CC1. The van der Waals surface area contributed by atoms with Gasteiger partial charge in [0.05, 0.1) is 6.61 Å². The second kappa shape index (κ2) is 8.53. The van der Waals surface area contributed by atoms with Gasteiger partial charge in [0, 0.05) is 41.4 Å². The van der Waals surface area contributed by atoms with E-state index >= 15 is 0 Å². The third kappa shape index (κ3) is 5.91. The number of amides is 1. The number of carbonyl (C=O) groups excluding carboxylic acids is 1. The molecule has 1 amide bonds. The summed E-state index contributed by atoms with van der Waals surface area (Å²) in [7, 11) is -0.740. The fraction of sp³-hybridized carbons (Fsp3) is 0.923. The molecule has 0 aromatic rings. The van der Waals surface area contributed by atoms with E-state index in [-0.39, 0.29) is 11.3 Å². The number of nitrogens with zero attached hydrogens (tertiary/aromatic N) is 1. The molecule has 5 nitrogen and oxygen atoms in total. The Hall–Kier alpha value is -0.620. The maximum absolute atomic E-state index is 11.5. The predicted molar refractivity (Wildman–Crippen MR) is 77.8 cm³/mol. The molecular formula is C13H26N2O3S. The van der Waals surface area contributed by atoms with Gasteiger partial charge in [0.25, 0.3) is 0 Å². The lowest BCUT2D eigenvalue weighted by Gasteiger charge is -2.31. The highest BCUT2D eigenvalue weighted by atomic mass is 32.2. The van der Waals surface area contributed by atoms with Gasteiger partial charge in [0.15, 0.2) is 0 Å². The summed E-state index contributed by atoms with van der Waals surface area (Å²) in [5, 5.41) is 3.73. The van der Waals surface area contributed by atoms with E-state index in [1.807, 2.05) is 13.8 Å². The lowest BCUT2D eigenvalue weighted by Crippen LogP contribution is -2.45. The van der Waals surface area contributed by atoms with Crippen molar-refractivity contribution in [2.24, 2.45) is 0 Å². The molecule has 1 aliphatic heterocycles. The Bertz CT molecular complexity index is 304. The van der Waals surface area contributed by atoms with Crippen LogP contribution in [0, 0.1) is 0 Å². The first-order chi connectivity index (χ1) is 9.04. The first-order valence-corrected chi connectivity index (χ1v) is 8.64. The number of piperidine rings is 1. The molecular weight excluding hydrogens is 264 g/mol. The average Bonchev–Trinajstić information content (AvgIpc) is 2.39. The number of ether oxygens (including phenoxy) is 1. The Morgan fingerprint density at radius 1 is 1.47 bits per heavy atom. The van der Waals surface area contributed by atoms with Crippen LogP contribution in [-0.2, 0) is 15.5 Å². The third-order valence-electron chi connectivity index (χ3n) is 3.57. The maximum atomic E-state index is 11.5. The number of hydrogen-bond donors (Lipinski definition) is 1. The molecule has 0 radical (unpaired) electrons. The van der Waals surface area contributed by atoms with Gasteiger partial charge in [-0.15, -0.1) is 0 Å². The van der Waals surface area contributed by atoms with Gasteiger partial charge in [-0.05, 0) is 32.7 Å². The van der Waals surface area contributed by atoms with Crippen LogP contribution >= 0.6 is 0 Å². The smallest absolute Gasteiger partial charge is 0.409 e. The minimum Gasteiger partial charge on any atom is -0.450 e. The topological polar surface area (TPSA) is 58.6 Å². The third-order valence-corrected chi connectivity index (χ3v) is 4.94. The number of hydrogen-bond acceptors (Lipinski definition) is 4. The molecule has 1 heterocycles. The molecule has 2 unspecified atom stereocenters. The highest BCUT2D eigenvalue weighted by Crippen LogP contribution is 2.11. The highest BCUT2D eigenvalue weighted by Gasteiger charge is 2.23. The fourth-order valence-electron chi connectivity index (χ4n) is 2.14. The van der Waals surface area contributed by atoms with E-state index in [9.17, 15) is 9.00 Å². The Balaban J connectivity index is 2.16. The summed E-state index contributed by atoms with van der Waals surface area (Å²) in [5.74, 6) is 0. The molecule has 0 saturated carbocycles. The second-order valence-electron chi connectivity index (χ2n) is 5.01. The van der Waals surface area contributed by atoms with Crippen LogP contribution < -0.4 is 5.32 Å². The van der Waals surface area contributed by atoms with Gasteiger partial charge in [-0.2, -0.15) is 0 Å². The molecule has 1 fully saturated rings. The van der Waals surface area contributed by atoms with E-state index in [4.69, 9.17) is 4.74 Å². The van der Waals surface area contributed by atoms with Gasteiger partial charge < -0.3 is 15.0 Å². The van der Waals surface area contributed by atoms with Crippen molar-refractivity contribution in [3.05, 3.63) is 0 Å². The van der Waals surface area contributed by atoms with Gasteiger partial charge >= 0.3 is 6.09 Å². The minimum atomic E-state index is -0.740. The molecule has 0 aromatic carbocycles. The summed E-state index contributed by atoms with van der Waals surface area (Å²) in [4.78, 5) is 13.3. The van der Waals surface area contributed by atoms with Gasteiger partial charge in [-0.3, -0.25) is 4.21 Å². The van der Waals surface area contributed by atoms with Crippen LogP contribution in [0.3, 0.4) is 0 Å². The lowest BCUT2D eigenvalue weighted by atomic mass is 10.1. The summed E-state index contributed by atoms with van der Waals surface area (Å²) in [6, 6.07) is 0.461. The van der Waals surface area contributed by atoms with Crippen LogP contribution in [0.15, 0.2) is 0 Å². The summed E-state index contributed by atoms with van der Waals surface area (Å²) in [6.07, 6.45) is 4.41. The summed E-state index contributed by atoms with van der Waals surface area (Å²) in [6.45, 7) is 6.68. The lowest BCUT2D eigenvalue weighted by molar-refractivity contribution is 0.0951. The Morgan fingerprint density at radius 2 is 2.11 bits per heavy atom. The van der Waals surface area contributed by atoms with Crippen LogP contribution in [0.2, 0.25) is 0 Å². The first kappa shape index (κ1) is 16.4. The number of rotatable bonds is 6. The van der Waals surface area contributed by atoms with E-state index < -0.39 is 10.8 Å². The Morgan fingerprint density at radius 3 is 2.63 bits per heavy atom. The van der Waals surface area contributed by atoms with Crippen molar-refractivity contribution in [1.82, 2.24) is 10.2 Å². The molecule has 0 bridgehead atoms. The standard InChI is InChI=1S/C13H26N2O3S/c1-4-18-13(16)15-9-6-12(7-10-15)14-8-5-11(2)19(3)17/h11-12,14H,4-10H2,1-3H3. The molecule has 2 atom stereocenters. The predicted octanol–water partition coefficient (Wildman–Crippen LogP) is 1.35. The number of likely N-dealkylation sites (tertiary alicyclic amines) is 1. The molecule has 0 aromatic heterocycles. The van der Waals surface area contributed by atoms with Gasteiger partial charge in [0.1, 0.15) is 0 Å². The molecule has 112 valence electrons. The van der Waals surface area contributed by atoms with Gasteiger partial charge in [-0.25, -0.2) is 4.79 Å². The number of nitrogens with one attached hydrogen (secondary N) is 1. The van der Waals surface area contributed by atoms with E-state index in [2.05, 4.69) is 5.32 Å². The van der Waals surface area contributed by atoms with Crippen molar-refractivity contribution in [2.75, 3.05) is 32.5 Å². The van der Waals surface area contributed by atoms with Crippen molar-refractivity contribution < 1.29 is 13.7 Å². The zero-order chi connectivity index (χ0) is 14.3. The van der Waals surface area contributed by atoms with Crippen LogP contribution in [0.4, 0.5) is 4.79 Å². The molecule has 1 saturated heterocycles. The Kier molecular flexibility index (Phi) is 7.38. The van der Waals surface area contributed by atoms with Gasteiger partial charge in [0.2, 0.25) is 0 Å². The van der Waals surface area contributed by atoms with Crippen LogP contribution in [0.25, 0.3) is 0 Å². The van der Waals surface area contributed by atoms with E-state index in [1.165, 1.54) is 0 Å². The monoisotopic (exact) mass is 290 g/mol. The van der Waals surface area contributed by atoms with Crippen molar-refractivity contribution in [1.29, 1.82) is 0 Å². The van der Waals surface area contributed by atoms with E-state index in [0.29, 0.717) is 12.6 Å². The molecule has 0 spiro atoms.